The molecule has 124 valence electrons. The predicted molar refractivity (Wildman–Crippen MR) is 84.2 cm³/mol. The Morgan fingerprint density at radius 1 is 1.43 bits per heavy atom. The highest BCUT2D eigenvalue weighted by molar-refractivity contribution is 5.68. The van der Waals surface area contributed by atoms with E-state index in [4.69, 9.17) is 9.84 Å². The van der Waals surface area contributed by atoms with Crippen LogP contribution in [0, 0.1) is 11.8 Å². The van der Waals surface area contributed by atoms with Crippen molar-refractivity contribution >= 4 is 6.09 Å². The molecular formula is C16H32N2O3. The van der Waals surface area contributed by atoms with Crippen molar-refractivity contribution in [1.82, 2.24) is 10.2 Å². The van der Waals surface area contributed by atoms with Crippen LogP contribution in [0.3, 0.4) is 0 Å². The Labute approximate surface area is 129 Å². The Bertz CT molecular complexity index is 328. The van der Waals surface area contributed by atoms with Crippen LogP contribution in [0.25, 0.3) is 0 Å². The summed E-state index contributed by atoms with van der Waals surface area (Å²) in [5.74, 6) is 0.704. The molecule has 1 heterocycles. The van der Waals surface area contributed by atoms with Crippen LogP contribution in [-0.4, -0.2) is 54.0 Å². The summed E-state index contributed by atoms with van der Waals surface area (Å²) in [5, 5.41) is 12.6. The third-order valence-corrected chi connectivity index (χ3v) is 4.04. The average Bonchev–Trinajstić information content (AvgIpc) is 2.42. The first-order valence-corrected chi connectivity index (χ1v) is 8.05. The number of nitrogens with one attached hydrogen (secondary N) is 1. The fourth-order valence-corrected chi connectivity index (χ4v) is 2.44. The van der Waals surface area contributed by atoms with E-state index < -0.39 is 5.60 Å². The molecule has 1 amide bonds. The van der Waals surface area contributed by atoms with Crippen LogP contribution in [0.15, 0.2) is 0 Å². The van der Waals surface area contributed by atoms with Crippen LogP contribution in [0.5, 0.6) is 0 Å². The van der Waals surface area contributed by atoms with Crippen molar-refractivity contribution in [2.75, 3.05) is 26.2 Å². The van der Waals surface area contributed by atoms with Crippen molar-refractivity contribution in [3.8, 4) is 0 Å². The Morgan fingerprint density at radius 2 is 2.10 bits per heavy atom. The molecule has 3 unspecified atom stereocenters. The number of carbonyl (C=O) groups excluding carboxylic acids is 1. The number of hydrogen-bond donors (Lipinski definition) is 2. The van der Waals surface area contributed by atoms with E-state index in [1.54, 1.807) is 0 Å². The topological polar surface area (TPSA) is 61.8 Å². The van der Waals surface area contributed by atoms with E-state index in [0.717, 1.165) is 32.5 Å². The summed E-state index contributed by atoms with van der Waals surface area (Å²) < 4.78 is 5.44. The van der Waals surface area contributed by atoms with Gasteiger partial charge in [-0.25, -0.2) is 4.79 Å². The molecule has 1 saturated heterocycles. The van der Waals surface area contributed by atoms with Crippen LogP contribution in [0.4, 0.5) is 4.79 Å². The van der Waals surface area contributed by atoms with Crippen molar-refractivity contribution in [3.05, 3.63) is 0 Å². The van der Waals surface area contributed by atoms with E-state index >= 15 is 0 Å². The van der Waals surface area contributed by atoms with Gasteiger partial charge in [-0.2, -0.15) is 0 Å². The van der Waals surface area contributed by atoms with Crippen molar-refractivity contribution in [1.29, 1.82) is 0 Å². The zero-order valence-corrected chi connectivity index (χ0v) is 14.2. The van der Waals surface area contributed by atoms with Crippen LogP contribution in [0.1, 0.15) is 47.5 Å². The number of ether oxygens (including phenoxy) is 1. The minimum Gasteiger partial charge on any atom is -0.444 e. The van der Waals surface area contributed by atoms with Gasteiger partial charge in [0.05, 0.1) is 0 Å². The van der Waals surface area contributed by atoms with E-state index in [-0.39, 0.29) is 24.7 Å². The molecule has 0 aromatic rings. The molecule has 5 nitrogen and oxygen atoms in total. The van der Waals surface area contributed by atoms with Gasteiger partial charge in [0.15, 0.2) is 0 Å². The highest BCUT2D eigenvalue weighted by Gasteiger charge is 2.27. The maximum atomic E-state index is 12.1. The number of aliphatic hydroxyl groups is 1. The van der Waals surface area contributed by atoms with Crippen molar-refractivity contribution in [2.24, 2.45) is 11.8 Å². The lowest BCUT2D eigenvalue weighted by molar-refractivity contribution is 0.0164. The Morgan fingerprint density at radius 3 is 2.67 bits per heavy atom. The zero-order chi connectivity index (χ0) is 16.0. The summed E-state index contributed by atoms with van der Waals surface area (Å²) in [6.45, 7) is 12.4. The van der Waals surface area contributed by atoms with Gasteiger partial charge in [-0.3, -0.25) is 0 Å². The first-order chi connectivity index (χ1) is 9.73. The molecule has 2 N–H and O–H groups in total. The summed E-state index contributed by atoms with van der Waals surface area (Å²) >= 11 is 0. The second-order valence-corrected chi connectivity index (χ2v) is 7.29. The second kappa shape index (κ2) is 7.99. The smallest absolute Gasteiger partial charge is 0.410 e. The van der Waals surface area contributed by atoms with Gasteiger partial charge in [-0.15, -0.1) is 0 Å². The van der Waals surface area contributed by atoms with Gasteiger partial charge in [-0.1, -0.05) is 6.92 Å². The fraction of sp³-hybridized carbons (Fsp3) is 0.938. The Kier molecular flexibility index (Phi) is 6.94. The third kappa shape index (κ3) is 6.66. The van der Waals surface area contributed by atoms with E-state index in [9.17, 15) is 4.79 Å². The van der Waals surface area contributed by atoms with Gasteiger partial charge in [0.25, 0.3) is 0 Å². The SMILES string of the molecule is CC(CO)C(C)NCC1CCCN(C(=O)OC(C)(C)C)C1. The summed E-state index contributed by atoms with van der Waals surface area (Å²) in [6.07, 6.45) is 1.95. The van der Waals surface area contributed by atoms with Crippen LogP contribution >= 0.6 is 0 Å². The van der Waals surface area contributed by atoms with Crippen molar-refractivity contribution < 1.29 is 14.6 Å². The monoisotopic (exact) mass is 300 g/mol. The number of rotatable bonds is 5. The standard InChI is InChI=1S/C16H32N2O3/c1-12(11-19)13(2)17-9-14-7-6-8-18(10-14)15(20)21-16(3,4)5/h12-14,17,19H,6-11H2,1-5H3. The molecule has 5 heteroatoms. The lowest BCUT2D eigenvalue weighted by Gasteiger charge is -2.35. The van der Waals surface area contributed by atoms with Crippen LogP contribution in [-0.2, 0) is 4.74 Å². The molecular weight excluding hydrogens is 268 g/mol. The molecule has 1 aliphatic heterocycles. The van der Waals surface area contributed by atoms with E-state index in [1.807, 2.05) is 32.6 Å². The molecule has 1 rings (SSSR count). The predicted octanol–water partition coefficient (Wildman–Crippen LogP) is 2.24. The van der Waals surface area contributed by atoms with Gasteiger partial charge in [-0.05, 0) is 58.9 Å². The molecule has 0 aliphatic carbocycles. The highest BCUT2D eigenvalue weighted by Crippen LogP contribution is 2.19. The second-order valence-electron chi connectivity index (χ2n) is 7.29. The van der Waals surface area contributed by atoms with E-state index in [1.165, 1.54) is 0 Å². The molecule has 0 bridgehead atoms. The van der Waals surface area contributed by atoms with Crippen LogP contribution < -0.4 is 5.32 Å². The molecule has 0 saturated carbocycles. The Balaban J connectivity index is 2.40. The quantitative estimate of drug-likeness (QED) is 0.817. The molecule has 0 aromatic heterocycles. The van der Waals surface area contributed by atoms with Gasteiger partial charge in [0, 0.05) is 25.7 Å². The summed E-state index contributed by atoms with van der Waals surface area (Å²) in [4.78, 5) is 13.9. The largest absolute Gasteiger partial charge is 0.444 e. The first-order valence-electron chi connectivity index (χ1n) is 8.05. The minimum absolute atomic E-state index is 0.197. The zero-order valence-electron chi connectivity index (χ0n) is 14.2. The number of nitrogens with zero attached hydrogens (tertiary/aromatic N) is 1. The molecule has 0 spiro atoms. The molecule has 3 atom stereocenters. The fourth-order valence-electron chi connectivity index (χ4n) is 2.44. The normalized spacial score (nSPS) is 22.8. The number of piperidine rings is 1. The highest BCUT2D eigenvalue weighted by atomic mass is 16.6. The number of aliphatic hydroxyl groups excluding tert-OH is 1. The molecule has 21 heavy (non-hydrogen) atoms. The lowest BCUT2D eigenvalue weighted by Crippen LogP contribution is -2.46. The van der Waals surface area contributed by atoms with Gasteiger partial charge in [0.2, 0.25) is 0 Å². The number of hydrogen-bond acceptors (Lipinski definition) is 4. The average molecular weight is 300 g/mol. The molecule has 0 aromatic carbocycles. The summed E-state index contributed by atoms with van der Waals surface area (Å²) in [6, 6.07) is 0.284. The summed E-state index contributed by atoms with van der Waals surface area (Å²) in [7, 11) is 0. The van der Waals surface area contributed by atoms with E-state index in [2.05, 4.69) is 12.2 Å². The number of carbonyl (C=O) groups is 1. The first kappa shape index (κ1) is 18.2. The minimum atomic E-state index is -0.437. The van der Waals surface area contributed by atoms with E-state index in [0.29, 0.717) is 5.92 Å². The molecule has 1 aliphatic rings. The molecule has 1 fully saturated rings. The van der Waals surface area contributed by atoms with Gasteiger partial charge >= 0.3 is 6.09 Å². The van der Waals surface area contributed by atoms with Gasteiger partial charge < -0.3 is 20.1 Å². The lowest BCUT2D eigenvalue weighted by atomic mass is 9.97. The Hall–Kier alpha value is -0.810. The van der Waals surface area contributed by atoms with Crippen molar-refractivity contribution in [2.45, 2.75) is 59.1 Å². The maximum absolute atomic E-state index is 12.1. The maximum Gasteiger partial charge on any atom is 0.410 e. The third-order valence-electron chi connectivity index (χ3n) is 4.04. The number of likely N-dealkylation sites (tertiary alicyclic amines) is 1. The van der Waals surface area contributed by atoms with Crippen LogP contribution in [0.2, 0.25) is 0 Å². The number of amides is 1. The van der Waals surface area contributed by atoms with Crippen molar-refractivity contribution in [3.63, 3.8) is 0 Å². The van der Waals surface area contributed by atoms with Gasteiger partial charge in [0.1, 0.15) is 5.60 Å². The summed E-state index contributed by atoms with van der Waals surface area (Å²) in [5.41, 5.74) is -0.437. The molecule has 0 radical (unpaired) electrons.